The maximum atomic E-state index is 12.4. The van der Waals surface area contributed by atoms with Crippen molar-refractivity contribution in [2.24, 2.45) is 0 Å². The lowest BCUT2D eigenvalue weighted by Crippen LogP contribution is -2.12. The SMILES string of the molecule is CCc1cccc(CC)c1Nc1ccc(NC(=O)c2cccc(OC)c2)cn1. The van der Waals surface area contributed by atoms with Crippen LogP contribution in [0.5, 0.6) is 5.75 Å². The summed E-state index contributed by atoms with van der Waals surface area (Å²) < 4.78 is 5.16. The number of benzene rings is 2. The summed E-state index contributed by atoms with van der Waals surface area (Å²) in [6, 6.07) is 17.1. The van der Waals surface area contributed by atoms with Crippen LogP contribution in [0.15, 0.2) is 60.8 Å². The van der Waals surface area contributed by atoms with E-state index in [4.69, 9.17) is 4.74 Å². The molecule has 3 aromatic rings. The molecule has 0 spiro atoms. The van der Waals surface area contributed by atoms with Crippen molar-refractivity contribution in [3.8, 4) is 5.75 Å². The Morgan fingerprint density at radius 1 is 1.00 bits per heavy atom. The molecule has 1 aromatic heterocycles. The first-order valence-corrected chi connectivity index (χ1v) is 9.43. The summed E-state index contributed by atoms with van der Waals surface area (Å²) in [6.07, 6.45) is 3.55. The number of rotatable bonds is 7. The average molecular weight is 375 g/mol. The molecule has 5 heteroatoms. The van der Waals surface area contributed by atoms with E-state index in [1.54, 1.807) is 37.6 Å². The Labute approximate surface area is 165 Å². The van der Waals surface area contributed by atoms with Crippen LogP contribution in [0.25, 0.3) is 0 Å². The Bertz CT molecular complexity index is 930. The number of hydrogen-bond acceptors (Lipinski definition) is 4. The van der Waals surface area contributed by atoms with Gasteiger partial charge in [-0.05, 0) is 54.3 Å². The molecule has 0 radical (unpaired) electrons. The monoisotopic (exact) mass is 375 g/mol. The van der Waals surface area contributed by atoms with Crippen LogP contribution in [0.3, 0.4) is 0 Å². The van der Waals surface area contributed by atoms with E-state index in [0.717, 1.165) is 24.3 Å². The predicted octanol–water partition coefficient (Wildman–Crippen LogP) is 5.21. The standard InChI is InChI=1S/C23H25N3O2/c1-4-16-8-6-9-17(5-2)22(16)26-21-13-12-19(15-24-21)25-23(27)18-10-7-11-20(14-18)28-3/h6-15H,4-5H2,1-3H3,(H,24,26)(H,25,27). The van der Waals surface area contributed by atoms with E-state index in [9.17, 15) is 4.79 Å². The molecule has 1 amide bonds. The number of carbonyl (C=O) groups excluding carboxylic acids is 1. The minimum Gasteiger partial charge on any atom is -0.497 e. The lowest BCUT2D eigenvalue weighted by atomic mass is 10.0. The van der Waals surface area contributed by atoms with Crippen LogP contribution in [-0.2, 0) is 12.8 Å². The average Bonchev–Trinajstić information content (AvgIpc) is 2.75. The number of aryl methyl sites for hydroxylation is 2. The van der Waals surface area contributed by atoms with E-state index in [1.807, 2.05) is 12.1 Å². The topological polar surface area (TPSA) is 63.2 Å². The number of anilines is 3. The molecule has 0 aliphatic carbocycles. The van der Waals surface area contributed by atoms with Gasteiger partial charge in [-0.3, -0.25) is 4.79 Å². The number of nitrogens with one attached hydrogen (secondary N) is 2. The zero-order valence-electron chi connectivity index (χ0n) is 16.5. The van der Waals surface area contributed by atoms with Gasteiger partial charge in [0.2, 0.25) is 0 Å². The maximum Gasteiger partial charge on any atom is 0.255 e. The number of hydrogen-bond donors (Lipinski definition) is 2. The second kappa shape index (κ2) is 9.04. The fraction of sp³-hybridized carbons (Fsp3) is 0.217. The van der Waals surface area contributed by atoms with Crippen LogP contribution in [0.1, 0.15) is 35.3 Å². The highest BCUT2D eigenvalue weighted by molar-refractivity contribution is 6.04. The Balaban J connectivity index is 1.73. The minimum atomic E-state index is -0.203. The van der Waals surface area contributed by atoms with Gasteiger partial charge in [-0.15, -0.1) is 0 Å². The molecule has 0 unspecified atom stereocenters. The zero-order chi connectivity index (χ0) is 19.9. The van der Waals surface area contributed by atoms with Crippen LogP contribution in [-0.4, -0.2) is 18.0 Å². The van der Waals surface area contributed by atoms with E-state index in [0.29, 0.717) is 17.0 Å². The van der Waals surface area contributed by atoms with Gasteiger partial charge >= 0.3 is 0 Å². The smallest absolute Gasteiger partial charge is 0.255 e. The zero-order valence-corrected chi connectivity index (χ0v) is 16.5. The molecule has 28 heavy (non-hydrogen) atoms. The predicted molar refractivity (Wildman–Crippen MR) is 114 cm³/mol. The van der Waals surface area contributed by atoms with E-state index < -0.39 is 0 Å². The fourth-order valence-electron chi connectivity index (χ4n) is 3.04. The van der Waals surface area contributed by atoms with Crippen molar-refractivity contribution in [1.29, 1.82) is 0 Å². The highest BCUT2D eigenvalue weighted by atomic mass is 16.5. The third-order valence-corrected chi connectivity index (χ3v) is 4.61. The largest absolute Gasteiger partial charge is 0.497 e. The molecule has 2 N–H and O–H groups in total. The second-order valence-electron chi connectivity index (χ2n) is 6.40. The number of amides is 1. The van der Waals surface area contributed by atoms with E-state index in [1.165, 1.54) is 11.1 Å². The molecule has 5 nitrogen and oxygen atoms in total. The number of nitrogens with zero attached hydrogens (tertiary/aromatic N) is 1. The van der Waals surface area contributed by atoms with Gasteiger partial charge in [0, 0.05) is 11.3 Å². The van der Waals surface area contributed by atoms with Crippen LogP contribution in [0, 0.1) is 0 Å². The molecule has 0 aliphatic rings. The number of ether oxygens (including phenoxy) is 1. The fourth-order valence-corrected chi connectivity index (χ4v) is 3.04. The number of pyridine rings is 1. The molecule has 144 valence electrons. The van der Waals surface area contributed by atoms with Gasteiger partial charge in [0.05, 0.1) is 19.0 Å². The second-order valence-corrected chi connectivity index (χ2v) is 6.40. The normalized spacial score (nSPS) is 10.4. The summed E-state index contributed by atoms with van der Waals surface area (Å²) in [5.41, 5.74) is 4.81. The van der Waals surface area contributed by atoms with Crippen molar-refractivity contribution < 1.29 is 9.53 Å². The first-order chi connectivity index (χ1) is 13.6. The van der Waals surface area contributed by atoms with Gasteiger partial charge in [-0.1, -0.05) is 38.1 Å². The number of methoxy groups -OCH3 is 1. The van der Waals surface area contributed by atoms with Crippen LogP contribution >= 0.6 is 0 Å². The molecule has 3 rings (SSSR count). The molecule has 0 saturated heterocycles. The Morgan fingerprint density at radius 3 is 2.32 bits per heavy atom. The Kier molecular flexibility index (Phi) is 6.27. The van der Waals surface area contributed by atoms with Crippen LogP contribution in [0.2, 0.25) is 0 Å². The van der Waals surface area contributed by atoms with Crippen LogP contribution in [0.4, 0.5) is 17.2 Å². The highest BCUT2D eigenvalue weighted by Crippen LogP contribution is 2.26. The number of para-hydroxylation sites is 1. The molecule has 0 bridgehead atoms. The highest BCUT2D eigenvalue weighted by Gasteiger charge is 2.09. The summed E-state index contributed by atoms with van der Waals surface area (Å²) in [7, 11) is 1.58. The first-order valence-electron chi connectivity index (χ1n) is 9.43. The molecule has 2 aromatic carbocycles. The van der Waals surface area contributed by atoms with Crippen LogP contribution < -0.4 is 15.4 Å². The Hall–Kier alpha value is -3.34. The minimum absolute atomic E-state index is 0.203. The molecular weight excluding hydrogens is 350 g/mol. The van der Waals surface area contributed by atoms with Crippen molar-refractivity contribution in [2.75, 3.05) is 17.7 Å². The number of aromatic nitrogens is 1. The quantitative estimate of drug-likeness (QED) is 0.595. The van der Waals surface area contributed by atoms with E-state index in [2.05, 4.69) is 47.7 Å². The summed E-state index contributed by atoms with van der Waals surface area (Å²) in [5.74, 6) is 1.19. The molecule has 0 aliphatic heterocycles. The van der Waals surface area contributed by atoms with Gasteiger partial charge in [-0.25, -0.2) is 4.98 Å². The summed E-state index contributed by atoms with van der Waals surface area (Å²) >= 11 is 0. The molecule has 0 saturated carbocycles. The lowest BCUT2D eigenvalue weighted by Gasteiger charge is -2.15. The summed E-state index contributed by atoms with van der Waals surface area (Å²) in [4.78, 5) is 16.9. The summed E-state index contributed by atoms with van der Waals surface area (Å²) in [6.45, 7) is 4.29. The molecule has 0 fully saturated rings. The van der Waals surface area contributed by atoms with E-state index >= 15 is 0 Å². The maximum absolute atomic E-state index is 12.4. The lowest BCUT2D eigenvalue weighted by molar-refractivity contribution is 0.102. The van der Waals surface area contributed by atoms with Gasteiger partial charge in [-0.2, -0.15) is 0 Å². The van der Waals surface area contributed by atoms with Gasteiger partial charge in [0.15, 0.2) is 0 Å². The van der Waals surface area contributed by atoms with Crippen molar-refractivity contribution in [1.82, 2.24) is 4.98 Å². The molecule has 0 atom stereocenters. The molecule has 1 heterocycles. The summed E-state index contributed by atoms with van der Waals surface area (Å²) in [5, 5.41) is 6.29. The third-order valence-electron chi connectivity index (χ3n) is 4.61. The number of carbonyl (C=O) groups is 1. The van der Waals surface area contributed by atoms with Crippen molar-refractivity contribution in [3.05, 3.63) is 77.5 Å². The van der Waals surface area contributed by atoms with Crippen molar-refractivity contribution in [3.63, 3.8) is 0 Å². The van der Waals surface area contributed by atoms with Gasteiger partial charge in [0.25, 0.3) is 5.91 Å². The van der Waals surface area contributed by atoms with Gasteiger partial charge in [0.1, 0.15) is 11.6 Å². The Morgan fingerprint density at radius 2 is 1.71 bits per heavy atom. The van der Waals surface area contributed by atoms with Crippen molar-refractivity contribution >= 4 is 23.1 Å². The molecular formula is C23H25N3O2. The third kappa shape index (κ3) is 4.49. The van der Waals surface area contributed by atoms with Gasteiger partial charge < -0.3 is 15.4 Å². The van der Waals surface area contributed by atoms with E-state index in [-0.39, 0.29) is 5.91 Å². The van der Waals surface area contributed by atoms with Crippen molar-refractivity contribution in [2.45, 2.75) is 26.7 Å². The first kappa shape index (κ1) is 19.4.